The second kappa shape index (κ2) is 14.8. The van der Waals surface area contributed by atoms with Crippen molar-refractivity contribution in [1.82, 2.24) is 20.2 Å². The molecule has 1 saturated heterocycles. The molecule has 0 saturated carbocycles. The normalized spacial score (nSPS) is 14.0. The number of carbonyl (C=O) groups is 3. The Morgan fingerprint density at radius 3 is 2.17 bits per heavy atom. The van der Waals surface area contributed by atoms with E-state index >= 15 is 4.39 Å². The van der Waals surface area contributed by atoms with Gasteiger partial charge in [0.05, 0.1) is 10.8 Å². The van der Waals surface area contributed by atoms with E-state index in [1.165, 1.54) is 52.9 Å². The number of rotatable bonds is 10. The number of alkyl halides is 3. The number of thiophene rings is 1. The molecule has 0 aliphatic carbocycles. The van der Waals surface area contributed by atoms with Crippen LogP contribution in [0.3, 0.4) is 0 Å². The lowest BCUT2D eigenvalue weighted by molar-refractivity contribution is -0.274. The van der Waals surface area contributed by atoms with Gasteiger partial charge in [-0.2, -0.15) is 0 Å². The second-order valence-corrected chi connectivity index (χ2v) is 14.8. The van der Waals surface area contributed by atoms with Gasteiger partial charge in [-0.05, 0) is 52.4 Å². The number of hydrogen-bond acceptors (Lipinski definition) is 7. The summed E-state index contributed by atoms with van der Waals surface area (Å²) in [5, 5.41) is 12.2. The molecular weight excluding hydrogens is 713 g/mol. The van der Waals surface area contributed by atoms with Crippen LogP contribution < -0.4 is 10.1 Å². The van der Waals surface area contributed by atoms with Crippen molar-refractivity contribution in [3.63, 3.8) is 0 Å². The first-order chi connectivity index (χ1) is 25.0. The molecule has 2 amide bonds. The second-order valence-electron chi connectivity index (χ2n) is 13.7. The standard InChI is InChI=1S/C39H34F4N4O5S/c1-38(2,3)33-14-13-32(53-33)35(48)46-31(36(49)47-20-27(21-47)37(50)51)15-22-7-9-23(10-8-22)34-44-18-26(19-45-34)29-12-11-25(17-30(29)40)24-5-4-6-28(16-24)52-39(41,42)43/h4-14,16-19,27,31H,15,20-21H2,1-3H3,(H,46,48)(H,50,51)/t31-/m0/s1. The fourth-order valence-corrected chi connectivity index (χ4v) is 6.74. The van der Waals surface area contributed by atoms with Gasteiger partial charge >= 0.3 is 12.3 Å². The number of amides is 2. The Balaban J connectivity index is 1.15. The summed E-state index contributed by atoms with van der Waals surface area (Å²) in [6, 6.07) is 19.3. The Kier molecular flexibility index (Phi) is 10.4. The Bertz CT molecular complexity index is 2140. The molecule has 1 aliphatic rings. The van der Waals surface area contributed by atoms with Crippen LogP contribution in [0.25, 0.3) is 33.6 Å². The molecule has 3 heterocycles. The fraction of sp³-hybridized carbons (Fsp3) is 0.256. The minimum absolute atomic E-state index is 0.0721. The Morgan fingerprint density at radius 1 is 0.906 bits per heavy atom. The minimum Gasteiger partial charge on any atom is -0.481 e. The van der Waals surface area contributed by atoms with Crippen LogP contribution in [-0.4, -0.2) is 63.3 Å². The highest BCUT2D eigenvalue weighted by molar-refractivity contribution is 7.14. The maximum atomic E-state index is 15.2. The minimum atomic E-state index is -4.85. The number of ether oxygens (including phenoxy) is 1. The average molecular weight is 747 g/mol. The van der Waals surface area contributed by atoms with E-state index in [2.05, 4.69) is 20.0 Å². The molecule has 5 aromatic rings. The molecule has 1 atom stereocenters. The topological polar surface area (TPSA) is 122 Å². The van der Waals surface area contributed by atoms with Crippen LogP contribution in [0.1, 0.15) is 40.9 Å². The molecule has 0 bridgehead atoms. The van der Waals surface area contributed by atoms with E-state index in [9.17, 15) is 32.7 Å². The number of aromatic nitrogens is 2. The first-order valence-corrected chi connectivity index (χ1v) is 17.4. The van der Waals surface area contributed by atoms with E-state index in [4.69, 9.17) is 0 Å². The maximum absolute atomic E-state index is 15.2. The fourth-order valence-electron chi connectivity index (χ4n) is 5.77. The number of nitrogens with one attached hydrogen (secondary N) is 1. The smallest absolute Gasteiger partial charge is 0.481 e. The van der Waals surface area contributed by atoms with Gasteiger partial charge < -0.3 is 20.1 Å². The Morgan fingerprint density at radius 2 is 1.57 bits per heavy atom. The van der Waals surface area contributed by atoms with Crippen LogP contribution in [0.2, 0.25) is 0 Å². The van der Waals surface area contributed by atoms with Crippen LogP contribution in [0, 0.1) is 11.7 Å². The lowest BCUT2D eigenvalue weighted by Gasteiger charge is -2.38. The van der Waals surface area contributed by atoms with Crippen molar-refractivity contribution in [3.8, 4) is 39.4 Å². The average Bonchev–Trinajstić information content (AvgIpc) is 3.59. The molecule has 274 valence electrons. The van der Waals surface area contributed by atoms with Crippen LogP contribution in [0.4, 0.5) is 17.6 Å². The quantitative estimate of drug-likeness (QED) is 0.140. The summed E-state index contributed by atoms with van der Waals surface area (Å²) in [6.07, 6.45) is -1.77. The maximum Gasteiger partial charge on any atom is 0.573 e. The van der Waals surface area contributed by atoms with E-state index in [1.807, 2.05) is 26.8 Å². The zero-order valence-electron chi connectivity index (χ0n) is 28.8. The van der Waals surface area contributed by atoms with Gasteiger partial charge in [0.25, 0.3) is 5.91 Å². The highest BCUT2D eigenvalue weighted by Gasteiger charge is 2.39. The number of carboxylic acids is 1. The zero-order chi connectivity index (χ0) is 38.1. The molecule has 1 aliphatic heterocycles. The highest BCUT2D eigenvalue weighted by Crippen LogP contribution is 2.32. The highest BCUT2D eigenvalue weighted by atomic mass is 32.1. The van der Waals surface area contributed by atoms with Crippen LogP contribution >= 0.6 is 11.3 Å². The first-order valence-electron chi connectivity index (χ1n) is 16.5. The third kappa shape index (κ3) is 8.88. The van der Waals surface area contributed by atoms with Gasteiger partial charge in [0.1, 0.15) is 17.6 Å². The Labute approximate surface area is 306 Å². The van der Waals surface area contributed by atoms with Crippen LogP contribution in [0.15, 0.2) is 91.3 Å². The molecule has 3 aromatic carbocycles. The van der Waals surface area contributed by atoms with Crippen molar-refractivity contribution in [2.24, 2.45) is 5.92 Å². The van der Waals surface area contributed by atoms with Crippen molar-refractivity contribution in [3.05, 3.63) is 112 Å². The SMILES string of the molecule is CC(C)(C)c1ccc(C(=O)N[C@@H](Cc2ccc(-c3ncc(-c4ccc(-c5cccc(OC(F)(F)F)c5)cc4F)cn3)cc2)C(=O)N2CC(C(=O)O)C2)s1. The number of nitrogens with zero attached hydrogens (tertiary/aromatic N) is 3. The number of likely N-dealkylation sites (tertiary alicyclic amines) is 1. The summed E-state index contributed by atoms with van der Waals surface area (Å²) in [4.78, 5) is 49.8. The molecule has 9 nitrogen and oxygen atoms in total. The van der Waals surface area contributed by atoms with E-state index in [-0.39, 0.29) is 42.3 Å². The lowest BCUT2D eigenvalue weighted by Crippen LogP contribution is -2.59. The number of halogens is 4. The van der Waals surface area contributed by atoms with Gasteiger partial charge in [-0.3, -0.25) is 14.4 Å². The van der Waals surface area contributed by atoms with E-state index in [0.717, 1.165) is 16.5 Å². The van der Waals surface area contributed by atoms with Crippen molar-refractivity contribution < 1.29 is 41.8 Å². The van der Waals surface area contributed by atoms with Gasteiger partial charge in [-0.15, -0.1) is 24.5 Å². The summed E-state index contributed by atoms with van der Waals surface area (Å²) >= 11 is 1.36. The molecule has 14 heteroatoms. The van der Waals surface area contributed by atoms with Gasteiger partial charge in [0.2, 0.25) is 5.91 Å². The molecule has 6 rings (SSSR count). The summed E-state index contributed by atoms with van der Waals surface area (Å²) in [5.74, 6) is -3.05. The predicted octanol–water partition coefficient (Wildman–Crippen LogP) is 7.76. The van der Waals surface area contributed by atoms with Gasteiger partial charge in [-0.25, -0.2) is 14.4 Å². The molecule has 1 fully saturated rings. The first kappa shape index (κ1) is 37.1. The molecule has 53 heavy (non-hydrogen) atoms. The molecule has 0 radical (unpaired) electrons. The summed E-state index contributed by atoms with van der Waals surface area (Å²) in [6.45, 7) is 6.29. The summed E-state index contributed by atoms with van der Waals surface area (Å²) < 4.78 is 57.2. The molecular formula is C39H34F4N4O5S. The summed E-state index contributed by atoms with van der Waals surface area (Å²) in [7, 11) is 0. The number of aliphatic carboxylic acids is 1. The van der Waals surface area contributed by atoms with Crippen molar-refractivity contribution in [1.29, 1.82) is 0 Å². The predicted molar refractivity (Wildman–Crippen MR) is 191 cm³/mol. The van der Waals surface area contributed by atoms with E-state index in [1.54, 1.807) is 42.5 Å². The number of carbonyl (C=O) groups excluding carboxylic acids is 2. The Hall–Kier alpha value is -5.63. The molecule has 2 aromatic heterocycles. The number of carboxylic acid groups (broad SMARTS) is 1. The van der Waals surface area contributed by atoms with Crippen molar-refractivity contribution in [2.75, 3.05) is 13.1 Å². The third-order valence-electron chi connectivity index (χ3n) is 8.70. The van der Waals surface area contributed by atoms with Gasteiger partial charge in [0, 0.05) is 53.5 Å². The number of hydrogen-bond donors (Lipinski definition) is 2. The molecule has 0 unspecified atom stereocenters. The summed E-state index contributed by atoms with van der Waals surface area (Å²) in [5.41, 5.74) is 2.52. The van der Waals surface area contributed by atoms with Gasteiger partial charge in [0.15, 0.2) is 5.82 Å². The molecule has 0 spiro atoms. The van der Waals surface area contributed by atoms with Crippen molar-refractivity contribution in [2.45, 2.75) is 45.0 Å². The molecule has 2 N–H and O–H groups in total. The zero-order valence-corrected chi connectivity index (χ0v) is 29.6. The van der Waals surface area contributed by atoms with E-state index in [0.29, 0.717) is 33.0 Å². The van der Waals surface area contributed by atoms with Crippen molar-refractivity contribution >= 4 is 29.1 Å². The van der Waals surface area contributed by atoms with Gasteiger partial charge in [-0.1, -0.05) is 69.3 Å². The van der Waals surface area contributed by atoms with Crippen LogP contribution in [0.5, 0.6) is 5.75 Å². The largest absolute Gasteiger partial charge is 0.573 e. The monoisotopic (exact) mass is 746 g/mol. The van der Waals surface area contributed by atoms with Crippen LogP contribution in [-0.2, 0) is 21.4 Å². The van der Waals surface area contributed by atoms with E-state index < -0.39 is 35.9 Å². The number of benzene rings is 3. The third-order valence-corrected chi connectivity index (χ3v) is 10.2. The lowest BCUT2D eigenvalue weighted by atomic mass is 9.95.